The lowest BCUT2D eigenvalue weighted by Crippen LogP contribution is -2.45. The predicted molar refractivity (Wildman–Crippen MR) is 95.6 cm³/mol. The molecule has 2 aromatic carbocycles. The fourth-order valence-corrected chi connectivity index (χ4v) is 3.15. The summed E-state index contributed by atoms with van der Waals surface area (Å²) in [5.41, 5.74) is 14.1. The van der Waals surface area contributed by atoms with Crippen molar-refractivity contribution in [1.29, 1.82) is 0 Å². The van der Waals surface area contributed by atoms with Gasteiger partial charge in [-0.25, -0.2) is 14.6 Å². The van der Waals surface area contributed by atoms with Crippen molar-refractivity contribution >= 4 is 23.4 Å². The number of primary amides is 1. The van der Waals surface area contributed by atoms with Gasteiger partial charge in [0.1, 0.15) is 0 Å². The van der Waals surface area contributed by atoms with Crippen molar-refractivity contribution in [3.05, 3.63) is 53.1 Å². The summed E-state index contributed by atoms with van der Waals surface area (Å²) in [5.74, 6) is -0.168. The van der Waals surface area contributed by atoms with Gasteiger partial charge in [0, 0.05) is 23.2 Å². The molecule has 1 unspecified atom stereocenters. The lowest BCUT2D eigenvalue weighted by atomic mass is 9.93. The van der Waals surface area contributed by atoms with Gasteiger partial charge in [0.15, 0.2) is 17.5 Å². The number of hydrogen-bond donors (Lipinski definition) is 3. The molecule has 0 saturated carbocycles. The number of aliphatic carboxylic acids is 1. The van der Waals surface area contributed by atoms with Crippen LogP contribution < -0.4 is 20.9 Å². The van der Waals surface area contributed by atoms with E-state index in [0.29, 0.717) is 39.6 Å². The highest BCUT2D eigenvalue weighted by molar-refractivity contribution is 6.15. The molecule has 138 valence electrons. The zero-order valence-corrected chi connectivity index (χ0v) is 14.1. The second kappa shape index (κ2) is 6.20. The molecule has 0 bridgehead atoms. The van der Waals surface area contributed by atoms with Gasteiger partial charge in [-0.2, -0.15) is 5.10 Å². The summed E-state index contributed by atoms with van der Waals surface area (Å²) in [4.78, 5) is 23.7. The van der Waals surface area contributed by atoms with Crippen LogP contribution in [0.2, 0.25) is 0 Å². The number of nitrogen functional groups attached to an aromatic ring is 1. The van der Waals surface area contributed by atoms with E-state index in [1.165, 1.54) is 0 Å². The van der Waals surface area contributed by atoms with E-state index >= 15 is 0 Å². The molecule has 1 atom stereocenters. The molecular formula is C18H16N4O5. The molecule has 0 fully saturated rings. The summed E-state index contributed by atoms with van der Waals surface area (Å²) in [7, 11) is 0. The van der Waals surface area contributed by atoms with Gasteiger partial charge in [-0.15, -0.1) is 0 Å². The summed E-state index contributed by atoms with van der Waals surface area (Å²) in [6, 6.07) is 8.11. The molecule has 2 heterocycles. The Morgan fingerprint density at radius 3 is 2.44 bits per heavy atom. The number of hydrogen-bond acceptors (Lipinski definition) is 6. The van der Waals surface area contributed by atoms with Crippen LogP contribution in [0.5, 0.6) is 11.5 Å². The Morgan fingerprint density at radius 1 is 1.15 bits per heavy atom. The van der Waals surface area contributed by atoms with Crippen LogP contribution in [0.25, 0.3) is 0 Å². The number of benzene rings is 2. The molecule has 2 aromatic rings. The second-order valence-electron chi connectivity index (χ2n) is 6.17. The highest BCUT2D eigenvalue weighted by Crippen LogP contribution is 2.37. The Bertz CT molecular complexity index is 970. The maximum Gasteiger partial charge on any atom is 0.336 e. The number of hydrazone groups is 1. The van der Waals surface area contributed by atoms with Crippen LogP contribution in [0, 0.1) is 0 Å². The third-order valence-corrected chi connectivity index (χ3v) is 4.46. The van der Waals surface area contributed by atoms with E-state index in [1.54, 1.807) is 36.4 Å². The Morgan fingerprint density at radius 2 is 1.81 bits per heavy atom. The molecule has 9 nitrogen and oxygen atoms in total. The lowest BCUT2D eigenvalue weighted by molar-refractivity contribution is -0.142. The SMILES string of the molecule is NC(=O)N1N=C(c2ccc(N)cc2)c2cc3c(cc2CC1C(=O)O)OCO3. The highest BCUT2D eigenvalue weighted by atomic mass is 16.7. The zero-order valence-electron chi connectivity index (χ0n) is 14.1. The van der Waals surface area contributed by atoms with Gasteiger partial charge >= 0.3 is 12.0 Å². The minimum atomic E-state index is -1.24. The Balaban J connectivity index is 1.95. The van der Waals surface area contributed by atoms with Crippen LogP contribution in [0.3, 0.4) is 0 Å². The molecule has 0 saturated heterocycles. The lowest BCUT2D eigenvalue weighted by Gasteiger charge is -2.20. The molecule has 2 aliphatic rings. The first kappa shape index (κ1) is 16.7. The van der Waals surface area contributed by atoms with Crippen molar-refractivity contribution < 1.29 is 24.2 Å². The monoisotopic (exact) mass is 368 g/mol. The van der Waals surface area contributed by atoms with E-state index in [9.17, 15) is 14.7 Å². The summed E-state index contributed by atoms with van der Waals surface area (Å²) in [6.07, 6.45) is 0.0201. The average molecular weight is 368 g/mol. The number of amides is 2. The first-order chi connectivity index (χ1) is 12.9. The van der Waals surface area contributed by atoms with Gasteiger partial charge in [-0.3, -0.25) is 0 Å². The number of carbonyl (C=O) groups is 2. The first-order valence-corrected chi connectivity index (χ1v) is 8.13. The molecule has 0 radical (unpaired) electrons. The Labute approximate surface area is 153 Å². The van der Waals surface area contributed by atoms with Crippen LogP contribution in [-0.4, -0.2) is 40.7 Å². The van der Waals surface area contributed by atoms with E-state index in [4.69, 9.17) is 20.9 Å². The van der Waals surface area contributed by atoms with Crippen LogP contribution in [0.1, 0.15) is 16.7 Å². The quantitative estimate of drug-likeness (QED) is 0.679. The molecular weight excluding hydrogens is 352 g/mol. The molecule has 9 heteroatoms. The van der Waals surface area contributed by atoms with Gasteiger partial charge in [0.05, 0.1) is 5.71 Å². The summed E-state index contributed by atoms with van der Waals surface area (Å²) < 4.78 is 10.8. The minimum Gasteiger partial charge on any atom is -0.480 e. The van der Waals surface area contributed by atoms with Crippen LogP contribution in [-0.2, 0) is 11.2 Å². The van der Waals surface area contributed by atoms with E-state index in [1.807, 2.05) is 0 Å². The number of fused-ring (bicyclic) bond motifs is 2. The molecule has 5 N–H and O–H groups in total. The molecule has 4 rings (SSSR count). The standard InChI is InChI=1S/C18H16N4O5/c19-11-3-1-9(2-4-11)16-12-7-15-14(26-8-27-15)6-10(12)5-13(17(23)24)22(21-16)18(20)25/h1-4,6-7,13H,5,8,19H2,(H2,20,25)(H,23,24). The van der Waals surface area contributed by atoms with E-state index in [-0.39, 0.29) is 13.2 Å². The minimum absolute atomic E-state index is 0.0201. The number of carboxylic acids is 1. The van der Waals surface area contributed by atoms with Crippen LogP contribution in [0.15, 0.2) is 41.5 Å². The van der Waals surface area contributed by atoms with E-state index in [2.05, 4.69) is 5.10 Å². The Kier molecular flexibility index (Phi) is 3.84. The van der Waals surface area contributed by atoms with Crippen LogP contribution in [0.4, 0.5) is 10.5 Å². The molecule has 2 aliphatic heterocycles. The van der Waals surface area contributed by atoms with Gasteiger partial charge in [0.25, 0.3) is 0 Å². The number of nitrogens with zero attached hydrogens (tertiary/aromatic N) is 2. The van der Waals surface area contributed by atoms with Crippen LogP contribution >= 0.6 is 0 Å². The van der Waals surface area contributed by atoms with E-state index < -0.39 is 18.0 Å². The first-order valence-electron chi connectivity index (χ1n) is 8.13. The number of carboxylic acid groups (broad SMARTS) is 1. The van der Waals surface area contributed by atoms with E-state index in [0.717, 1.165) is 5.01 Å². The van der Waals surface area contributed by atoms with Crippen molar-refractivity contribution in [3.63, 3.8) is 0 Å². The number of rotatable bonds is 2. The number of urea groups is 1. The molecule has 0 spiro atoms. The topological polar surface area (TPSA) is 140 Å². The maximum atomic E-state index is 11.9. The van der Waals surface area contributed by atoms with Gasteiger partial charge in [0.2, 0.25) is 6.79 Å². The Hall–Kier alpha value is -3.75. The second-order valence-corrected chi connectivity index (χ2v) is 6.17. The summed E-state index contributed by atoms with van der Waals surface area (Å²) in [5, 5.41) is 14.7. The van der Waals surface area contributed by atoms with Gasteiger partial charge < -0.3 is 26.0 Å². The number of anilines is 1. The van der Waals surface area contributed by atoms with Crippen molar-refractivity contribution in [2.24, 2.45) is 10.8 Å². The molecule has 0 aliphatic carbocycles. The highest BCUT2D eigenvalue weighted by Gasteiger charge is 2.35. The molecule has 2 amide bonds. The fourth-order valence-electron chi connectivity index (χ4n) is 3.15. The molecule has 0 aromatic heterocycles. The summed E-state index contributed by atoms with van der Waals surface area (Å²) in [6.45, 7) is 0.0857. The fraction of sp³-hybridized carbons (Fsp3) is 0.167. The largest absolute Gasteiger partial charge is 0.480 e. The van der Waals surface area contributed by atoms with Gasteiger partial charge in [-0.1, -0.05) is 12.1 Å². The summed E-state index contributed by atoms with van der Waals surface area (Å²) >= 11 is 0. The third kappa shape index (κ3) is 2.88. The predicted octanol–water partition coefficient (Wildman–Crippen LogP) is 1.14. The number of carbonyl (C=O) groups excluding carboxylic acids is 1. The van der Waals surface area contributed by atoms with Crippen molar-refractivity contribution in [2.75, 3.05) is 12.5 Å². The number of nitrogens with two attached hydrogens (primary N) is 2. The number of ether oxygens (including phenoxy) is 2. The normalized spacial score (nSPS) is 17.7. The van der Waals surface area contributed by atoms with Crippen molar-refractivity contribution in [1.82, 2.24) is 5.01 Å². The molecule has 27 heavy (non-hydrogen) atoms. The van der Waals surface area contributed by atoms with Crippen molar-refractivity contribution in [3.8, 4) is 11.5 Å². The zero-order chi connectivity index (χ0) is 19.1. The maximum absolute atomic E-state index is 11.9. The van der Waals surface area contributed by atoms with Gasteiger partial charge in [-0.05, 0) is 29.8 Å². The third-order valence-electron chi connectivity index (χ3n) is 4.46. The van der Waals surface area contributed by atoms with Crippen molar-refractivity contribution in [2.45, 2.75) is 12.5 Å². The smallest absolute Gasteiger partial charge is 0.336 e. The average Bonchev–Trinajstić information content (AvgIpc) is 3.01.